The lowest BCUT2D eigenvalue weighted by Gasteiger charge is -2.05. The predicted octanol–water partition coefficient (Wildman–Crippen LogP) is 2.76. The third-order valence-electron chi connectivity index (χ3n) is 2.66. The van der Waals surface area contributed by atoms with Gasteiger partial charge in [-0.3, -0.25) is 25.0 Å². The van der Waals surface area contributed by atoms with Crippen LogP contribution in [0.3, 0.4) is 0 Å². The normalized spacial score (nSPS) is 9.90. The molecule has 1 amide bonds. The van der Waals surface area contributed by atoms with Crippen molar-refractivity contribution in [3.05, 3.63) is 74.3 Å². The number of para-hydroxylation sites is 1. The second kappa shape index (κ2) is 5.78. The first-order valence-electron chi connectivity index (χ1n) is 5.78. The van der Waals surface area contributed by atoms with Crippen LogP contribution >= 0.6 is 0 Å². The molecule has 1 N–H and O–H groups in total. The molecule has 0 fully saturated rings. The Morgan fingerprint density at radius 1 is 0.952 bits per heavy atom. The molecular weight excluding hydrogens is 278 g/mol. The first kappa shape index (κ1) is 14.1. The van der Waals surface area contributed by atoms with Gasteiger partial charge in [-0.15, -0.1) is 0 Å². The van der Waals surface area contributed by atoms with E-state index in [-0.39, 0.29) is 22.6 Å². The molecule has 0 aromatic heterocycles. The average Bonchev–Trinajstić information content (AvgIpc) is 2.47. The summed E-state index contributed by atoms with van der Waals surface area (Å²) >= 11 is 0. The van der Waals surface area contributed by atoms with Crippen molar-refractivity contribution in [1.82, 2.24) is 0 Å². The molecule has 0 atom stereocenters. The van der Waals surface area contributed by atoms with Crippen molar-refractivity contribution >= 4 is 23.0 Å². The fourth-order valence-electron chi connectivity index (χ4n) is 1.72. The number of benzene rings is 2. The number of anilines is 1. The Balaban J connectivity index is 2.28. The molecule has 106 valence electrons. The standard InChI is InChI=1S/C13H9N3O5/c17-13(11-6-1-2-7-12(11)16(20)21)14-9-4-3-5-10(8-9)15(18)19/h1-8H,(H,14,17). The monoisotopic (exact) mass is 287 g/mol. The van der Waals surface area contributed by atoms with Crippen LogP contribution < -0.4 is 5.32 Å². The minimum atomic E-state index is -0.706. The van der Waals surface area contributed by atoms with E-state index in [1.807, 2.05) is 0 Å². The Morgan fingerprint density at radius 3 is 2.33 bits per heavy atom. The molecule has 21 heavy (non-hydrogen) atoms. The van der Waals surface area contributed by atoms with E-state index in [1.165, 1.54) is 48.5 Å². The van der Waals surface area contributed by atoms with Gasteiger partial charge in [-0.25, -0.2) is 0 Å². The van der Waals surface area contributed by atoms with Crippen LogP contribution in [0.5, 0.6) is 0 Å². The first-order valence-corrected chi connectivity index (χ1v) is 5.78. The average molecular weight is 287 g/mol. The van der Waals surface area contributed by atoms with Gasteiger partial charge in [0.2, 0.25) is 0 Å². The van der Waals surface area contributed by atoms with E-state index in [4.69, 9.17) is 0 Å². The third-order valence-corrected chi connectivity index (χ3v) is 2.66. The van der Waals surface area contributed by atoms with Gasteiger partial charge < -0.3 is 5.32 Å². The van der Waals surface area contributed by atoms with Gasteiger partial charge in [0.1, 0.15) is 5.56 Å². The van der Waals surface area contributed by atoms with Crippen LogP contribution in [0.2, 0.25) is 0 Å². The van der Waals surface area contributed by atoms with Crippen molar-refractivity contribution < 1.29 is 14.6 Å². The van der Waals surface area contributed by atoms with Crippen LogP contribution in [0.25, 0.3) is 0 Å². The molecule has 0 unspecified atom stereocenters. The number of nitro groups is 2. The maximum Gasteiger partial charge on any atom is 0.282 e. The minimum absolute atomic E-state index is 0.117. The highest BCUT2D eigenvalue weighted by molar-refractivity contribution is 6.07. The van der Waals surface area contributed by atoms with Crippen LogP contribution in [0.1, 0.15) is 10.4 Å². The van der Waals surface area contributed by atoms with Gasteiger partial charge in [-0.1, -0.05) is 18.2 Å². The highest BCUT2D eigenvalue weighted by Gasteiger charge is 2.19. The molecule has 8 heteroatoms. The van der Waals surface area contributed by atoms with Crippen molar-refractivity contribution in [2.45, 2.75) is 0 Å². The Bertz CT molecular complexity index is 729. The van der Waals surface area contributed by atoms with E-state index < -0.39 is 15.8 Å². The highest BCUT2D eigenvalue weighted by atomic mass is 16.6. The zero-order valence-electron chi connectivity index (χ0n) is 10.6. The van der Waals surface area contributed by atoms with Crippen molar-refractivity contribution in [3.8, 4) is 0 Å². The molecule has 0 aliphatic rings. The first-order chi connectivity index (χ1) is 9.99. The summed E-state index contributed by atoms with van der Waals surface area (Å²) < 4.78 is 0. The smallest absolute Gasteiger partial charge is 0.282 e. The number of rotatable bonds is 4. The summed E-state index contributed by atoms with van der Waals surface area (Å²) in [6.07, 6.45) is 0. The topological polar surface area (TPSA) is 115 Å². The number of hydrogen-bond acceptors (Lipinski definition) is 5. The van der Waals surface area contributed by atoms with Crippen molar-refractivity contribution in [3.63, 3.8) is 0 Å². The lowest BCUT2D eigenvalue weighted by Crippen LogP contribution is -2.13. The maximum atomic E-state index is 12.0. The molecule has 0 spiro atoms. The molecule has 2 rings (SSSR count). The third kappa shape index (κ3) is 3.18. The summed E-state index contributed by atoms with van der Waals surface area (Å²) in [5.74, 6) is -0.706. The number of amides is 1. The van der Waals surface area contributed by atoms with Crippen LogP contribution in [-0.4, -0.2) is 15.8 Å². The van der Waals surface area contributed by atoms with Gasteiger partial charge in [-0.05, 0) is 12.1 Å². The number of non-ortho nitro benzene ring substituents is 1. The molecule has 0 heterocycles. The second-order valence-corrected chi connectivity index (χ2v) is 4.04. The zero-order valence-corrected chi connectivity index (χ0v) is 10.6. The number of carbonyl (C=O) groups excluding carboxylic acids is 1. The van der Waals surface area contributed by atoms with Gasteiger partial charge in [0, 0.05) is 23.9 Å². The summed E-state index contributed by atoms with van der Waals surface area (Å²) in [5.41, 5.74) is -0.447. The maximum absolute atomic E-state index is 12.0. The van der Waals surface area contributed by atoms with Gasteiger partial charge in [-0.2, -0.15) is 0 Å². The fraction of sp³-hybridized carbons (Fsp3) is 0. The van der Waals surface area contributed by atoms with Crippen LogP contribution in [0, 0.1) is 20.2 Å². The number of nitrogens with one attached hydrogen (secondary N) is 1. The minimum Gasteiger partial charge on any atom is -0.322 e. The molecule has 0 bridgehead atoms. The van der Waals surface area contributed by atoms with Crippen LogP contribution in [0.4, 0.5) is 17.1 Å². The number of hydrogen-bond donors (Lipinski definition) is 1. The Kier molecular flexibility index (Phi) is 3.89. The molecule has 0 radical (unpaired) electrons. The van der Waals surface area contributed by atoms with Crippen molar-refractivity contribution in [2.24, 2.45) is 0 Å². The van der Waals surface area contributed by atoms with E-state index >= 15 is 0 Å². The fourth-order valence-corrected chi connectivity index (χ4v) is 1.72. The Morgan fingerprint density at radius 2 is 1.67 bits per heavy atom. The van der Waals surface area contributed by atoms with E-state index in [9.17, 15) is 25.0 Å². The summed E-state index contributed by atoms with van der Waals surface area (Å²) in [6.45, 7) is 0. The molecule has 0 aliphatic heterocycles. The lowest BCUT2D eigenvalue weighted by molar-refractivity contribution is -0.385. The molecule has 0 aliphatic carbocycles. The zero-order chi connectivity index (χ0) is 15.4. The van der Waals surface area contributed by atoms with Gasteiger partial charge >= 0.3 is 0 Å². The van der Waals surface area contributed by atoms with Crippen LogP contribution in [0.15, 0.2) is 48.5 Å². The summed E-state index contributed by atoms with van der Waals surface area (Å²) in [6, 6.07) is 10.8. The molecular formula is C13H9N3O5. The van der Waals surface area contributed by atoms with E-state index in [2.05, 4.69) is 5.32 Å². The summed E-state index contributed by atoms with van der Waals surface area (Å²) in [5, 5.41) is 23.9. The van der Waals surface area contributed by atoms with Crippen molar-refractivity contribution in [2.75, 3.05) is 5.32 Å². The molecule has 0 saturated heterocycles. The molecule has 0 saturated carbocycles. The number of nitrogens with zero attached hydrogens (tertiary/aromatic N) is 2. The van der Waals surface area contributed by atoms with E-state index in [0.29, 0.717) is 0 Å². The summed E-state index contributed by atoms with van der Waals surface area (Å²) in [4.78, 5) is 32.3. The Hall–Kier alpha value is -3.29. The summed E-state index contributed by atoms with van der Waals surface area (Å²) in [7, 11) is 0. The van der Waals surface area contributed by atoms with Gasteiger partial charge in [0.25, 0.3) is 17.3 Å². The quantitative estimate of drug-likeness (QED) is 0.685. The van der Waals surface area contributed by atoms with E-state index in [0.717, 1.165) is 0 Å². The van der Waals surface area contributed by atoms with E-state index in [1.54, 1.807) is 0 Å². The largest absolute Gasteiger partial charge is 0.322 e. The highest BCUT2D eigenvalue weighted by Crippen LogP contribution is 2.21. The van der Waals surface area contributed by atoms with Crippen molar-refractivity contribution in [1.29, 1.82) is 0 Å². The second-order valence-electron chi connectivity index (χ2n) is 4.04. The lowest BCUT2D eigenvalue weighted by atomic mass is 10.1. The number of carbonyl (C=O) groups is 1. The van der Waals surface area contributed by atoms with Gasteiger partial charge in [0.15, 0.2) is 0 Å². The predicted molar refractivity (Wildman–Crippen MR) is 74.1 cm³/mol. The molecule has 2 aromatic rings. The molecule has 8 nitrogen and oxygen atoms in total. The SMILES string of the molecule is O=C(Nc1cccc([N+](=O)[O-])c1)c1ccccc1[N+](=O)[O-]. The van der Waals surface area contributed by atoms with Gasteiger partial charge in [0.05, 0.1) is 9.85 Å². The number of nitro benzene ring substituents is 2. The molecule has 2 aromatic carbocycles. The van der Waals surface area contributed by atoms with Crippen LogP contribution in [-0.2, 0) is 0 Å². The Labute approximate surface area is 118 Å².